The van der Waals surface area contributed by atoms with Crippen LogP contribution in [-0.4, -0.2) is 30.7 Å². The normalized spacial score (nSPS) is 17.9. The molecule has 0 rings (SSSR count). The molecule has 0 radical (unpaired) electrons. The molecule has 0 aromatic heterocycles. The van der Waals surface area contributed by atoms with E-state index >= 15 is 0 Å². The molecule has 0 aliphatic rings. The molecule has 7 heteroatoms. The summed E-state index contributed by atoms with van der Waals surface area (Å²) in [4.78, 5) is 0. The first-order chi connectivity index (χ1) is 7.06. The fraction of sp³-hybridized carbons (Fsp3) is 1.00. The Balaban J connectivity index is 4.92. The molecule has 0 saturated heterocycles. The van der Waals surface area contributed by atoms with E-state index < -0.39 is 17.2 Å². The monoisotopic (exact) mass is 373 g/mol. The molecule has 0 fully saturated rings. The minimum absolute atomic E-state index is 0.225. The molecule has 16 heavy (non-hydrogen) atoms. The molecule has 0 aromatic carbocycles. The van der Waals surface area contributed by atoms with Crippen LogP contribution >= 0.6 is 27.6 Å². The number of hydrogen-bond acceptors (Lipinski definition) is 3. The summed E-state index contributed by atoms with van der Waals surface area (Å²) in [5.41, 5.74) is -0.225. The number of rotatable bonds is 7. The quantitative estimate of drug-likeness (QED) is 0.693. The van der Waals surface area contributed by atoms with Gasteiger partial charge in [-0.05, 0) is 0 Å². The molecule has 1 N–H and O–H groups in total. The van der Waals surface area contributed by atoms with Crippen molar-refractivity contribution in [3.63, 3.8) is 0 Å². The number of nitrogens with one attached hydrogen (secondary N) is 1. The second kappa shape index (κ2) is 6.09. The van der Waals surface area contributed by atoms with E-state index in [-0.39, 0.29) is 12.1 Å². The van der Waals surface area contributed by atoms with Crippen LogP contribution in [0.3, 0.4) is 0 Å². The molecule has 0 aromatic rings. The van der Waals surface area contributed by atoms with Gasteiger partial charge in [0.25, 0.3) is 0 Å². The zero-order valence-electron chi connectivity index (χ0n) is 10.4. The van der Waals surface area contributed by atoms with Gasteiger partial charge in [0.15, 0.2) is 0 Å². The molecular weight excluding hydrogens is 353 g/mol. The van der Waals surface area contributed by atoms with E-state index in [9.17, 15) is 0 Å². The van der Waals surface area contributed by atoms with E-state index in [1.165, 1.54) is 7.11 Å². The van der Waals surface area contributed by atoms with Gasteiger partial charge in [-0.1, -0.05) is 0 Å². The van der Waals surface area contributed by atoms with Gasteiger partial charge in [-0.2, -0.15) is 0 Å². The van der Waals surface area contributed by atoms with E-state index in [2.05, 4.69) is 3.72 Å². The van der Waals surface area contributed by atoms with E-state index in [0.29, 0.717) is 0 Å². The van der Waals surface area contributed by atoms with Crippen LogP contribution in [0.4, 0.5) is 0 Å². The molecule has 0 aliphatic heterocycles. The standard InChI is InChI=1S/C5H12N.C4H9O2.3ClH.Nb/c1-4-5(2,3)6;1-5-3-4-6-2;;;;/h6H,4H2,1-3H3;3H,4H2,1-2H3;3*1H;/q-1;;;;;+4/p-3. The number of hydrogen-bond donors (Lipinski definition) is 1. The third-order valence-electron chi connectivity index (χ3n) is 2.43. The predicted molar refractivity (Wildman–Crippen MR) is 67.7 cm³/mol. The van der Waals surface area contributed by atoms with Crippen LogP contribution in [0, 0.1) is 0 Å². The molecule has 0 heterocycles. The van der Waals surface area contributed by atoms with Crippen molar-refractivity contribution >= 4 is 27.6 Å². The first-order valence-corrected chi connectivity index (χ1v) is 15.9. The van der Waals surface area contributed by atoms with Crippen molar-refractivity contribution in [3.05, 3.63) is 0 Å². The van der Waals surface area contributed by atoms with Gasteiger partial charge in [0, 0.05) is 0 Å². The summed E-state index contributed by atoms with van der Waals surface area (Å²) in [6, 6.07) is 0. The van der Waals surface area contributed by atoms with Gasteiger partial charge in [-0.15, -0.1) is 0 Å². The van der Waals surface area contributed by atoms with Crippen molar-refractivity contribution in [2.75, 3.05) is 20.8 Å². The molecule has 1 atom stereocenters. The third-order valence-corrected chi connectivity index (χ3v) is 13.4. The fourth-order valence-electron chi connectivity index (χ4n) is 1.17. The number of ether oxygens (including phenoxy) is 2. The Hall–Kier alpha value is 1.49. The molecule has 0 saturated carbocycles. The van der Waals surface area contributed by atoms with Crippen molar-refractivity contribution in [1.82, 2.24) is 3.72 Å². The Morgan fingerprint density at radius 3 is 2.06 bits per heavy atom. The summed E-state index contributed by atoms with van der Waals surface area (Å²) >= 11 is -4.51. The molecule has 100 valence electrons. The Morgan fingerprint density at radius 2 is 1.75 bits per heavy atom. The van der Waals surface area contributed by atoms with Gasteiger partial charge in [-0.3, -0.25) is 0 Å². The van der Waals surface area contributed by atoms with E-state index in [1.54, 1.807) is 7.11 Å². The van der Waals surface area contributed by atoms with Crippen molar-refractivity contribution in [3.8, 4) is 0 Å². The molecule has 0 spiro atoms. The summed E-state index contributed by atoms with van der Waals surface area (Å²) in [6.45, 7) is 6.33. The van der Waals surface area contributed by atoms with Crippen LogP contribution in [0.25, 0.3) is 0 Å². The maximum absolute atomic E-state index is 6.42. The average molecular weight is 375 g/mol. The number of halogens is 3. The Kier molecular flexibility index (Phi) is 6.66. The van der Waals surface area contributed by atoms with E-state index in [1.807, 2.05) is 20.8 Å². The van der Waals surface area contributed by atoms with Crippen LogP contribution < -0.4 is 3.72 Å². The summed E-state index contributed by atoms with van der Waals surface area (Å²) < 4.78 is 13.0. The molecule has 0 amide bonds. The van der Waals surface area contributed by atoms with Crippen LogP contribution in [0.5, 0.6) is 0 Å². The fourth-order valence-corrected chi connectivity index (χ4v) is 12.7. The van der Waals surface area contributed by atoms with Crippen molar-refractivity contribution in [1.29, 1.82) is 0 Å². The Labute approximate surface area is 111 Å². The van der Waals surface area contributed by atoms with Gasteiger partial charge in [0.05, 0.1) is 0 Å². The predicted octanol–water partition coefficient (Wildman–Crippen LogP) is 3.45. The van der Waals surface area contributed by atoms with Crippen LogP contribution in [0.2, 0.25) is 0 Å². The van der Waals surface area contributed by atoms with Crippen molar-refractivity contribution in [2.24, 2.45) is 0 Å². The van der Waals surface area contributed by atoms with Gasteiger partial charge in [-0.25, -0.2) is 0 Å². The van der Waals surface area contributed by atoms with Crippen LogP contribution in [0.15, 0.2) is 0 Å². The van der Waals surface area contributed by atoms with Crippen molar-refractivity contribution in [2.45, 2.75) is 37.1 Å². The Bertz CT molecular complexity index is 231. The zero-order valence-corrected chi connectivity index (χ0v) is 14.9. The van der Waals surface area contributed by atoms with E-state index in [0.717, 1.165) is 6.42 Å². The first-order valence-electron chi connectivity index (χ1n) is 5.05. The van der Waals surface area contributed by atoms with Crippen LogP contribution in [0.1, 0.15) is 27.2 Å². The topological polar surface area (TPSA) is 30.5 Å². The second-order valence-electron chi connectivity index (χ2n) is 4.36. The first kappa shape index (κ1) is 17.5. The second-order valence-corrected chi connectivity index (χ2v) is 26.1. The SMILES string of the molecule is CCC(C)(C)[NH][Nb]([Cl])([Cl])([Cl])[CH](COC)OC. The molecule has 0 aliphatic carbocycles. The van der Waals surface area contributed by atoms with Crippen LogP contribution in [-0.2, 0) is 22.3 Å². The molecule has 1 unspecified atom stereocenters. The van der Waals surface area contributed by atoms with Crippen molar-refractivity contribution < 1.29 is 22.3 Å². The average Bonchev–Trinajstić information content (AvgIpc) is 2.11. The summed E-state index contributed by atoms with van der Waals surface area (Å²) in [5, 5.41) is 0. The summed E-state index contributed by atoms with van der Waals surface area (Å²) in [6.07, 6.45) is 0.865. The Morgan fingerprint density at radius 1 is 1.25 bits per heavy atom. The zero-order chi connectivity index (χ0) is 13.1. The summed E-state index contributed by atoms with van der Waals surface area (Å²) in [5.74, 6) is 0. The van der Waals surface area contributed by atoms with Gasteiger partial charge in [0.1, 0.15) is 0 Å². The van der Waals surface area contributed by atoms with Gasteiger partial charge < -0.3 is 0 Å². The third kappa shape index (κ3) is 5.42. The van der Waals surface area contributed by atoms with Gasteiger partial charge >= 0.3 is 111 Å². The molecule has 0 bridgehead atoms. The number of methoxy groups -OCH3 is 2. The van der Waals surface area contributed by atoms with E-state index in [4.69, 9.17) is 37.0 Å². The van der Waals surface area contributed by atoms with Gasteiger partial charge in [0.2, 0.25) is 0 Å². The summed E-state index contributed by atoms with van der Waals surface area (Å²) in [7, 11) is 22.3. The molecule has 3 nitrogen and oxygen atoms in total. The maximum atomic E-state index is 6.42. The minimum atomic E-state index is -4.51. The molecular formula is C9H21Cl3NNbO2.